The molecule has 2 rings (SSSR count). The first-order chi connectivity index (χ1) is 7.31. The minimum Gasteiger partial charge on any atom is -0.253 e. The van der Waals surface area contributed by atoms with Crippen LogP contribution in [0.5, 0.6) is 0 Å². The van der Waals surface area contributed by atoms with Crippen LogP contribution in [0.25, 0.3) is 11.4 Å². The molecule has 0 fully saturated rings. The molecule has 0 unspecified atom stereocenters. The summed E-state index contributed by atoms with van der Waals surface area (Å²) in [5.41, 5.74) is 1.74. The maximum atomic E-state index is 8.89. The Morgan fingerprint density at radius 2 is 2.07 bits per heavy atom. The summed E-state index contributed by atoms with van der Waals surface area (Å²) in [5.74, 6) is 0. The van der Waals surface area contributed by atoms with E-state index in [9.17, 15) is 0 Å². The number of rotatable bonds is 1. The average molecular weight is 216 g/mol. The Labute approximate surface area is 92.0 Å². The van der Waals surface area contributed by atoms with E-state index >= 15 is 0 Å². The van der Waals surface area contributed by atoms with Crippen LogP contribution in [0.15, 0.2) is 36.7 Å². The minimum absolute atomic E-state index is 0.507. The highest BCUT2D eigenvalue weighted by molar-refractivity contribution is 6.30. The fourth-order valence-corrected chi connectivity index (χ4v) is 1.33. The van der Waals surface area contributed by atoms with Crippen LogP contribution in [0, 0.1) is 11.3 Å². The Kier molecular flexibility index (Phi) is 2.61. The molecule has 0 saturated heterocycles. The molecular formula is C11H6ClN3. The van der Waals surface area contributed by atoms with Crippen LogP contribution in [0.3, 0.4) is 0 Å². The Bertz CT molecular complexity index is 514. The van der Waals surface area contributed by atoms with Crippen LogP contribution >= 0.6 is 11.6 Å². The number of hydrogen-bond acceptors (Lipinski definition) is 3. The van der Waals surface area contributed by atoms with Crippen molar-refractivity contribution in [2.24, 2.45) is 0 Å². The second-order valence-electron chi connectivity index (χ2n) is 2.87. The van der Waals surface area contributed by atoms with Crippen LogP contribution in [-0.2, 0) is 0 Å². The van der Waals surface area contributed by atoms with Gasteiger partial charge < -0.3 is 0 Å². The molecule has 0 N–H and O–H groups in total. The van der Waals surface area contributed by atoms with Gasteiger partial charge in [0.25, 0.3) is 0 Å². The molecule has 0 saturated carbocycles. The van der Waals surface area contributed by atoms with Gasteiger partial charge in [-0.15, -0.1) is 0 Å². The van der Waals surface area contributed by atoms with Crippen LogP contribution in [0.4, 0.5) is 0 Å². The van der Waals surface area contributed by atoms with E-state index in [1.807, 2.05) is 0 Å². The van der Waals surface area contributed by atoms with Crippen LogP contribution < -0.4 is 0 Å². The van der Waals surface area contributed by atoms with Crippen molar-refractivity contribution < 1.29 is 0 Å². The van der Waals surface area contributed by atoms with E-state index in [1.165, 1.54) is 6.20 Å². The van der Waals surface area contributed by atoms with E-state index in [0.29, 0.717) is 22.0 Å². The lowest BCUT2D eigenvalue weighted by atomic mass is 10.1. The number of hydrogen-bond donors (Lipinski definition) is 0. The van der Waals surface area contributed by atoms with Gasteiger partial charge in [0.05, 0.1) is 16.3 Å². The zero-order valence-corrected chi connectivity index (χ0v) is 8.44. The van der Waals surface area contributed by atoms with Crippen molar-refractivity contribution in [2.45, 2.75) is 0 Å². The van der Waals surface area contributed by atoms with Gasteiger partial charge in [-0.05, 0) is 24.3 Å². The van der Waals surface area contributed by atoms with Crippen molar-refractivity contribution in [3.8, 4) is 17.5 Å². The molecule has 0 amide bonds. The third-order valence-electron chi connectivity index (χ3n) is 1.90. The summed E-state index contributed by atoms with van der Waals surface area (Å²) in [6.07, 6.45) is 3.17. The molecule has 0 aliphatic heterocycles. The Morgan fingerprint density at radius 3 is 2.73 bits per heavy atom. The van der Waals surface area contributed by atoms with Crippen molar-refractivity contribution in [2.75, 3.05) is 0 Å². The molecule has 2 aromatic rings. The maximum Gasteiger partial charge on any atom is 0.106 e. The number of aromatic nitrogens is 2. The van der Waals surface area contributed by atoms with E-state index in [0.717, 1.165) is 0 Å². The Morgan fingerprint density at radius 1 is 1.20 bits per heavy atom. The molecule has 0 radical (unpaired) electrons. The van der Waals surface area contributed by atoms with E-state index in [4.69, 9.17) is 16.9 Å². The summed E-state index contributed by atoms with van der Waals surface area (Å²) >= 11 is 5.72. The monoisotopic (exact) mass is 215 g/mol. The van der Waals surface area contributed by atoms with Gasteiger partial charge in [0.15, 0.2) is 0 Å². The number of pyridine rings is 2. The predicted molar refractivity (Wildman–Crippen MR) is 57.2 cm³/mol. The molecule has 3 nitrogen and oxygen atoms in total. The van der Waals surface area contributed by atoms with Crippen LogP contribution in [-0.4, -0.2) is 9.97 Å². The lowest BCUT2D eigenvalue weighted by molar-refractivity contribution is 1.23. The standard InChI is InChI=1S/C11H6ClN3/c12-9-3-4-10(15-7-9)11-8(6-13)2-1-5-14-11/h1-5,7H. The lowest BCUT2D eigenvalue weighted by Gasteiger charge is -2.01. The molecule has 4 heteroatoms. The fourth-order valence-electron chi connectivity index (χ4n) is 1.22. The second kappa shape index (κ2) is 4.07. The van der Waals surface area contributed by atoms with Crippen molar-refractivity contribution in [1.29, 1.82) is 5.26 Å². The highest BCUT2D eigenvalue weighted by Gasteiger charge is 2.06. The van der Waals surface area contributed by atoms with E-state index in [-0.39, 0.29) is 0 Å². The van der Waals surface area contributed by atoms with Crippen molar-refractivity contribution in [3.05, 3.63) is 47.2 Å². The van der Waals surface area contributed by atoms with E-state index < -0.39 is 0 Å². The summed E-state index contributed by atoms with van der Waals surface area (Å²) in [5, 5.41) is 9.45. The largest absolute Gasteiger partial charge is 0.253 e. The molecule has 2 heterocycles. The third kappa shape index (κ3) is 1.95. The smallest absolute Gasteiger partial charge is 0.106 e. The van der Waals surface area contributed by atoms with E-state index in [2.05, 4.69) is 16.0 Å². The predicted octanol–water partition coefficient (Wildman–Crippen LogP) is 2.67. The molecule has 72 valence electrons. The topological polar surface area (TPSA) is 49.6 Å². The summed E-state index contributed by atoms with van der Waals surface area (Å²) in [4.78, 5) is 8.23. The molecule has 0 aliphatic rings. The highest BCUT2D eigenvalue weighted by Crippen LogP contribution is 2.19. The number of halogens is 1. The van der Waals surface area contributed by atoms with Crippen molar-refractivity contribution in [1.82, 2.24) is 9.97 Å². The fraction of sp³-hybridized carbons (Fsp3) is 0. The van der Waals surface area contributed by atoms with Gasteiger partial charge >= 0.3 is 0 Å². The SMILES string of the molecule is N#Cc1cccnc1-c1ccc(Cl)cn1. The highest BCUT2D eigenvalue weighted by atomic mass is 35.5. The number of nitrogens with zero attached hydrogens (tertiary/aromatic N) is 3. The second-order valence-corrected chi connectivity index (χ2v) is 3.31. The molecule has 0 aromatic carbocycles. The van der Waals surface area contributed by atoms with Gasteiger partial charge in [0.1, 0.15) is 11.8 Å². The molecule has 0 atom stereocenters. The first kappa shape index (κ1) is 9.63. The Hall–Kier alpha value is -1.92. The molecule has 15 heavy (non-hydrogen) atoms. The van der Waals surface area contributed by atoms with Crippen LogP contribution in [0.2, 0.25) is 5.02 Å². The zero-order valence-electron chi connectivity index (χ0n) is 7.68. The lowest BCUT2D eigenvalue weighted by Crippen LogP contribution is -1.90. The summed E-state index contributed by atoms with van der Waals surface area (Å²) in [6, 6.07) is 8.96. The quantitative estimate of drug-likeness (QED) is 0.735. The van der Waals surface area contributed by atoms with Crippen molar-refractivity contribution in [3.63, 3.8) is 0 Å². The molecule has 0 spiro atoms. The zero-order chi connectivity index (χ0) is 10.7. The first-order valence-corrected chi connectivity index (χ1v) is 4.66. The van der Waals surface area contributed by atoms with Gasteiger partial charge in [-0.2, -0.15) is 5.26 Å². The molecule has 0 bridgehead atoms. The normalized spacial score (nSPS) is 9.60. The van der Waals surface area contributed by atoms with Crippen molar-refractivity contribution >= 4 is 11.6 Å². The van der Waals surface area contributed by atoms with Gasteiger partial charge in [-0.25, -0.2) is 0 Å². The Balaban J connectivity index is 2.55. The summed E-state index contributed by atoms with van der Waals surface area (Å²) < 4.78 is 0. The molecule has 0 aliphatic carbocycles. The van der Waals surface area contributed by atoms with Gasteiger partial charge in [0.2, 0.25) is 0 Å². The number of nitriles is 1. The summed E-state index contributed by atoms with van der Waals surface area (Å²) in [6.45, 7) is 0. The third-order valence-corrected chi connectivity index (χ3v) is 2.12. The summed E-state index contributed by atoms with van der Waals surface area (Å²) in [7, 11) is 0. The van der Waals surface area contributed by atoms with Gasteiger partial charge in [-0.3, -0.25) is 9.97 Å². The van der Waals surface area contributed by atoms with Gasteiger partial charge in [-0.1, -0.05) is 11.6 Å². The first-order valence-electron chi connectivity index (χ1n) is 4.28. The van der Waals surface area contributed by atoms with E-state index in [1.54, 1.807) is 30.5 Å². The van der Waals surface area contributed by atoms with Crippen LogP contribution in [0.1, 0.15) is 5.56 Å². The molecule has 2 aromatic heterocycles. The maximum absolute atomic E-state index is 8.89. The molecular weight excluding hydrogens is 210 g/mol. The average Bonchev–Trinajstić information content (AvgIpc) is 2.30. The minimum atomic E-state index is 0.507. The van der Waals surface area contributed by atoms with Gasteiger partial charge in [0, 0.05) is 12.4 Å².